The van der Waals surface area contributed by atoms with E-state index in [1.54, 1.807) is 23.8 Å². The summed E-state index contributed by atoms with van der Waals surface area (Å²) in [6.45, 7) is 3.56. The van der Waals surface area contributed by atoms with Crippen molar-refractivity contribution in [3.63, 3.8) is 0 Å². The molecule has 11 heteroatoms. The number of piperazine rings is 1. The third kappa shape index (κ3) is 3.89. The fraction of sp³-hybridized carbons (Fsp3) is 0.273. The third-order valence-corrected chi connectivity index (χ3v) is 6.50. The van der Waals surface area contributed by atoms with Crippen LogP contribution in [0.25, 0.3) is 0 Å². The Morgan fingerprint density at radius 3 is 2.88 bits per heavy atom. The second kappa shape index (κ2) is 8.75. The van der Waals surface area contributed by atoms with Crippen LogP contribution in [0.15, 0.2) is 36.0 Å². The Balaban J connectivity index is 1.34. The predicted octanol–water partition coefficient (Wildman–Crippen LogP) is 2.51. The van der Waals surface area contributed by atoms with Crippen LogP contribution in [-0.2, 0) is 6.54 Å². The summed E-state index contributed by atoms with van der Waals surface area (Å²) in [6, 6.07) is 5.03. The van der Waals surface area contributed by atoms with Crippen molar-refractivity contribution >= 4 is 40.3 Å². The number of methoxy groups -OCH3 is 1. The number of nitrogens with one attached hydrogen (secondary N) is 2. The molecule has 0 radical (unpaired) electrons. The van der Waals surface area contributed by atoms with Gasteiger partial charge in [-0.15, -0.1) is 11.3 Å². The number of aromatic nitrogens is 2. The first-order valence-corrected chi connectivity index (χ1v) is 11.3. The zero-order chi connectivity index (χ0) is 22.9. The molecule has 1 saturated heterocycles. The number of hydrogen-bond acceptors (Lipinski definition) is 8. The average molecular weight is 469 g/mol. The second-order valence-electron chi connectivity index (χ2n) is 7.60. The van der Waals surface area contributed by atoms with E-state index in [1.165, 1.54) is 18.1 Å². The zero-order valence-corrected chi connectivity index (χ0v) is 18.6. The predicted molar refractivity (Wildman–Crippen MR) is 123 cm³/mol. The molecule has 33 heavy (non-hydrogen) atoms. The highest BCUT2D eigenvalue weighted by atomic mass is 32.1. The molecule has 2 aliphatic heterocycles. The zero-order valence-electron chi connectivity index (χ0n) is 17.8. The van der Waals surface area contributed by atoms with Crippen LogP contribution in [0.1, 0.15) is 25.7 Å². The lowest BCUT2D eigenvalue weighted by atomic mass is 10.1. The van der Waals surface area contributed by atoms with E-state index in [2.05, 4.69) is 25.5 Å². The van der Waals surface area contributed by atoms with Crippen LogP contribution in [0.2, 0.25) is 0 Å². The first-order chi connectivity index (χ1) is 16.1. The van der Waals surface area contributed by atoms with Gasteiger partial charge < -0.3 is 20.3 Å². The van der Waals surface area contributed by atoms with Gasteiger partial charge in [-0.1, -0.05) is 6.07 Å². The number of benzene rings is 1. The molecule has 170 valence electrons. The Kier molecular flexibility index (Phi) is 5.65. The Morgan fingerprint density at radius 2 is 2.09 bits per heavy atom. The normalized spacial score (nSPS) is 15.5. The van der Waals surface area contributed by atoms with Gasteiger partial charge in [0.15, 0.2) is 16.6 Å². The second-order valence-corrected chi connectivity index (χ2v) is 8.46. The van der Waals surface area contributed by atoms with E-state index in [-0.39, 0.29) is 22.9 Å². The summed E-state index contributed by atoms with van der Waals surface area (Å²) < 4.78 is 19.6. The SMILES string of the molecule is COc1ccc2c(c1F)C(=O)N(c1csc(C(=O)Nc3cnccc3N3CCNCC3)n1)C2. The van der Waals surface area contributed by atoms with Gasteiger partial charge in [-0.3, -0.25) is 19.5 Å². The highest BCUT2D eigenvalue weighted by Gasteiger charge is 2.34. The fourth-order valence-electron chi connectivity index (χ4n) is 4.01. The molecule has 0 unspecified atom stereocenters. The topological polar surface area (TPSA) is 99.7 Å². The van der Waals surface area contributed by atoms with Crippen molar-refractivity contribution in [2.45, 2.75) is 6.54 Å². The summed E-state index contributed by atoms with van der Waals surface area (Å²) in [6.07, 6.45) is 3.31. The van der Waals surface area contributed by atoms with Gasteiger partial charge in [0.2, 0.25) is 0 Å². The molecule has 0 saturated carbocycles. The highest BCUT2D eigenvalue weighted by Crippen LogP contribution is 2.34. The molecule has 1 fully saturated rings. The molecule has 1 aromatic carbocycles. The molecule has 4 heterocycles. The van der Waals surface area contributed by atoms with Crippen molar-refractivity contribution in [3.05, 3.63) is 57.9 Å². The van der Waals surface area contributed by atoms with Gasteiger partial charge in [0, 0.05) is 37.8 Å². The lowest BCUT2D eigenvalue weighted by molar-refractivity contribution is 0.0988. The van der Waals surface area contributed by atoms with Crippen molar-refractivity contribution in [3.8, 4) is 5.75 Å². The van der Waals surface area contributed by atoms with Crippen molar-refractivity contribution in [2.24, 2.45) is 0 Å². The van der Waals surface area contributed by atoms with E-state index in [9.17, 15) is 14.0 Å². The lowest BCUT2D eigenvalue weighted by Gasteiger charge is -2.30. The number of carbonyl (C=O) groups is 2. The third-order valence-electron chi connectivity index (χ3n) is 5.67. The van der Waals surface area contributed by atoms with E-state index < -0.39 is 17.6 Å². The first-order valence-electron chi connectivity index (χ1n) is 10.4. The monoisotopic (exact) mass is 468 g/mol. The van der Waals surface area contributed by atoms with Crippen molar-refractivity contribution in [1.29, 1.82) is 0 Å². The maximum Gasteiger partial charge on any atom is 0.284 e. The van der Waals surface area contributed by atoms with Gasteiger partial charge in [0.25, 0.3) is 11.8 Å². The standard InChI is InChI=1S/C22H21FN6O3S/c1-32-16-3-2-13-11-29(22(31)18(13)19(16)23)17-12-33-21(27-17)20(30)26-14-10-25-5-4-15(14)28-8-6-24-7-9-28/h2-5,10,12,24H,6-9,11H2,1H3,(H,26,30). The molecule has 0 atom stereocenters. The van der Waals surface area contributed by atoms with Crippen LogP contribution in [-0.4, -0.2) is 55.1 Å². The molecule has 2 amide bonds. The summed E-state index contributed by atoms with van der Waals surface area (Å²) in [5.41, 5.74) is 2.02. The number of anilines is 3. The Labute approximate surface area is 193 Å². The molecule has 0 bridgehead atoms. The van der Waals surface area contributed by atoms with Gasteiger partial charge in [-0.2, -0.15) is 0 Å². The molecular weight excluding hydrogens is 447 g/mol. The lowest BCUT2D eigenvalue weighted by Crippen LogP contribution is -2.43. The minimum absolute atomic E-state index is 0.0130. The number of fused-ring (bicyclic) bond motifs is 1. The maximum absolute atomic E-state index is 14.6. The molecule has 0 spiro atoms. The highest BCUT2D eigenvalue weighted by molar-refractivity contribution is 7.12. The van der Waals surface area contributed by atoms with Gasteiger partial charge in [-0.25, -0.2) is 9.37 Å². The molecule has 9 nitrogen and oxygen atoms in total. The summed E-state index contributed by atoms with van der Waals surface area (Å²) in [7, 11) is 1.35. The van der Waals surface area contributed by atoms with E-state index >= 15 is 0 Å². The van der Waals surface area contributed by atoms with Crippen molar-refractivity contribution in [1.82, 2.24) is 15.3 Å². The number of ether oxygens (including phenoxy) is 1. The summed E-state index contributed by atoms with van der Waals surface area (Å²) in [5.74, 6) is -1.27. The largest absolute Gasteiger partial charge is 0.494 e. The first kappa shape index (κ1) is 21.3. The maximum atomic E-state index is 14.6. The van der Waals surface area contributed by atoms with Crippen LogP contribution in [0.3, 0.4) is 0 Å². The smallest absolute Gasteiger partial charge is 0.284 e. The number of thiazole rings is 1. The van der Waals surface area contributed by atoms with Crippen molar-refractivity contribution in [2.75, 3.05) is 48.4 Å². The number of amides is 2. The minimum atomic E-state index is -0.687. The van der Waals surface area contributed by atoms with Crippen LogP contribution >= 0.6 is 11.3 Å². The van der Waals surface area contributed by atoms with Crippen LogP contribution < -0.4 is 25.2 Å². The molecule has 2 aliphatic rings. The van der Waals surface area contributed by atoms with Crippen LogP contribution in [0.4, 0.5) is 21.6 Å². The average Bonchev–Trinajstić information content (AvgIpc) is 3.45. The van der Waals surface area contributed by atoms with Gasteiger partial charge in [-0.05, 0) is 17.7 Å². The molecular formula is C22H21FN6O3S. The molecule has 0 aliphatic carbocycles. The van der Waals surface area contributed by atoms with Crippen LogP contribution in [0, 0.1) is 5.82 Å². The van der Waals surface area contributed by atoms with Crippen LogP contribution in [0.5, 0.6) is 5.75 Å². The van der Waals surface area contributed by atoms with Crippen molar-refractivity contribution < 1.29 is 18.7 Å². The minimum Gasteiger partial charge on any atom is -0.494 e. The number of hydrogen-bond donors (Lipinski definition) is 2. The Hall–Kier alpha value is -3.57. The number of rotatable bonds is 5. The quantitative estimate of drug-likeness (QED) is 0.594. The number of carbonyl (C=O) groups excluding carboxylic acids is 2. The molecule has 3 aromatic rings. The summed E-state index contributed by atoms with van der Waals surface area (Å²) in [4.78, 5) is 37.8. The van der Waals surface area contributed by atoms with E-state index in [4.69, 9.17) is 4.74 Å². The van der Waals surface area contributed by atoms with E-state index in [1.807, 2.05) is 6.07 Å². The van der Waals surface area contributed by atoms with Gasteiger partial charge in [0.1, 0.15) is 5.82 Å². The van der Waals surface area contributed by atoms with Gasteiger partial charge >= 0.3 is 0 Å². The van der Waals surface area contributed by atoms with E-state index in [0.717, 1.165) is 43.2 Å². The Morgan fingerprint density at radius 1 is 1.27 bits per heavy atom. The molecule has 2 N–H and O–H groups in total. The van der Waals surface area contributed by atoms with E-state index in [0.29, 0.717) is 17.1 Å². The van der Waals surface area contributed by atoms with Gasteiger partial charge in [0.05, 0.1) is 36.8 Å². The molecule has 2 aromatic heterocycles. The summed E-state index contributed by atoms with van der Waals surface area (Å²) >= 11 is 1.12. The number of halogens is 1. The number of nitrogens with zero attached hydrogens (tertiary/aromatic N) is 4. The fourth-order valence-corrected chi connectivity index (χ4v) is 4.72. The Bertz CT molecular complexity index is 1230. The number of pyridine rings is 1. The summed E-state index contributed by atoms with van der Waals surface area (Å²) in [5, 5.41) is 8.01. The molecule has 5 rings (SSSR count).